The van der Waals surface area contributed by atoms with Gasteiger partial charge in [-0.05, 0) is 18.2 Å². The second-order valence-corrected chi connectivity index (χ2v) is 5.21. The van der Waals surface area contributed by atoms with E-state index in [1.165, 1.54) is 28.3 Å². The molecule has 24 heavy (non-hydrogen) atoms. The third-order valence-electron chi connectivity index (χ3n) is 3.65. The molecular weight excluding hydrogens is 308 g/mol. The summed E-state index contributed by atoms with van der Waals surface area (Å²) >= 11 is 0. The Morgan fingerprint density at radius 1 is 0.917 bits per heavy atom. The first-order chi connectivity index (χ1) is 11.5. The number of para-hydroxylation sites is 1. The fourth-order valence-corrected chi connectivity index (χ4v) is 2.48. The van der Waals surface area contributed by atoms with Crippen molar-refractivity contribution in [1.29, 1.82) is 0 Å². The fraction of sp³-hybridized carbons (Fsp3) is 0.263. The van der Waals surface area contributed by atoms with Gasteiger partial charge in [0.05, 0.1) is 26.9 Å². The normalized spacial score (nSPS) is 12.9. The number of benzene rings is 2. The lowest BCUT2D eigenvalue weighted by Crippen LogP contribution is -2.30. The van der Waals surface area contributed by atoms with Crippen LogP contribution in [-0.2, 0) is 5.79 Å². The topological polar surface area (TPSA) is 57.2 Å². The van der Waals surface area contributed by atoms with Crippen molar-refractivity contribution in [2.75, 3.05) is 21.3 Å². The molecule has 0 saturated heterocycles. The Hall–Kier alpha value is -2.66. The second-order valence-electron chi connectivity index (χ2n) is 5.21. The van der Waals surface area contributed by atoms with Crippen LogP contribution in [0.25, 0.3) is 6.08 Å². The lowest BCUT2D eigenvalue weighted by Gasteiger charge is -2.28. The van der Waals surface area contributed by atoms with Crippen LogP contribution in [0.3, 0.4) is 0 Å². The van der Waals surface area contributed by atoms with Crippen LogP contribution in [0.5, 0.6) is 23.0 Å². The van der Waals surface area contributed by atoms with Crippen molar-refractivity contribution in [3.63, 3.8) is 0 Å². The molecule has 0 aliphatic heterocycles. The van der Waals surface area contributed by atoms with Gasteiger partial charge < -0.3 is 24.1 Å². The number of aliphatic hydroxyl groups is 1. The molecule has 128 valence electrons. The lowest BCUT2D eigenvalue weighted by molar-refractivity contribution is -0.130. The molecule has 1 unspecified atom stereocenters. The SMILES string of the molecule is C=Cc1ccccc1OC(C)(O)c1ccc(OC)c(OC)c1OC. The molecule has 0 aliphatic rings. The van der Waals surface area contributed by atoms with Gasteiger partial charge in [-0.2, -0.15) is 0 Å². The molecule has 5 nitrogen and oxygen atoms in total. The van der Waals surface area contributed by atoms with Gasteiger partial charge in [-0.3, -0.25) is 0 Å². The highest BCUT2D eigenvalue weighted by atomic mass is 16.6. The summed E-state index contributed by atoms with van der Waals surface area (Å²) in [7, 11) is 4.53. The zero-order valence-corrected chi connectivity index (χ0v) is 14.3. The Morgan fingerprint density at radius 2 is 1.58 bits per heavy atom. The minimum Gasteiger partial charge on any atom is -0.493 e. The lowest BCUT2D eigenvalue weighted by atomic mass is 10.0. The van der Waals surface area contributed by atoms with E-state index in [1.54, 1.807) is 24.3 Å². The van der Waals surface area contributed by atoms with Crippen molar-refractivity contribution in [2.45, 2.75) is 12.7 Å². The quantitative estimate of drug-likeness (QED) is 0.786. The third kappa shape index (κ3) is 3.31. The Bertz CT molecular complexity index is 722. The highest BCUT2D eigenvalue weighted by Gasteiger charge is 2.33. The van der Waals surface area contributed by atoms with E-state index in [9.17, 15) is 5.11 Å². The predicted octanol–water partition coefficient (Wildman–Crippen LogP) is 3.60. The highest BCUT2D eigenvalue weighted by molar-refractivity contribution is 5.58. The largest absolute Gasteiger partial charge is 0.493 e. The fourth-order valence-electron chi connectivity index (χ4n) is 2.48. The smallest absolute Gasteiger partial charge is 0.235 e. The van der Waals surface area contributed by atoms with E-state index < -0.39 is 5.79 Å². The molecule has 2 rings (SSSR count). The summed E-state index contributed by atoms with van der Waals surface area (Å²) in [6.45, 7) is 5.29. The summed E-state index contributed by atoms with van der Waals surface area (Å²) < 4.78 is 21.9. The van der Waals surface area contributed by atoms with Crippen molar-refractivity contribution in [2.24, 2.45) is 0 Å². The molecule has 2 aromatic rings. The predicted molar refractivity (Wildman–Crippen MR) is 92.8 cm³/mol. The molecule has 0 aromatic heterocycles. The first-order valence-electron chi connectivity index (χ1n) is 7.40. The maximum atomic E-state index is 10.9. The Morgan fingerprint density at radius 3 is 2.17 bits per heavy atom. The molecule has 2 aromatic carbocycles. The molecule has 0 saturated carbocycles. The van der Waals surface area contributed by atoms with Gasteiger partial charge in [-0.25, -0.2) is 0 Å². The minimum absolute atomic E-state index is 0.345. The summed E-state index contributed by atoms with van der Waals surface area (Å²) in [4.78, 5) is 0. The molecule has 0 amide bonds. The number of methoxy groups -OCH3 is 3. The molecule has 0 aliphatic carbocycles. The highest BCUT2D eigenvalue weighted by Crippen LogP contribution is 2.44. The minimum atomic E-state index is -1.65. The number of hydrogen-bond donors (Lipinski definition) is 1. The zero-order valence-electron chi connectivity index (χ0n) is 14.3. The first kappa shape index (κ1) is 17.7. The third-order valence-corrected chi connectivity index (χ3v) is 3.65. The van der Waals surface area contributed by atoms with Crippen molar-refractivity contribution in [3.05, 3.63) is 54.1 Å². The summed E-state index contributed by atoms with van der Waals surface area (Å²) in [6.07, 6.45) is 1.66. The van der Waals surface area contributed by atoms with Gasteiger partial charge in [0.1, 0.15) is 5.75 Å². The molecule has 0 heterocycles. The summed E-state index contributed by atoms with van der Waals surface area (Å²) in [5.41, 5.74) is 1.19. The molecule has 5 heteroatoms. The van der Waals surface area contributed by atoms with E-state index in [0.29, 0.717) is 28.6 Å². The van der Waals surface area contributed by atoms with E-state index in [1.807, 2.05) is 18.2 Å². The standard InChI is InChI=1S/C19H22O5/c1-6-13-9-7-8-10-15(13)24-19(2,20)14-11-12-16(21-3)18(23-5)17(14)22-4/h6-12,20H,1H2,2-5H3. The van der Waals surface area contributed by atoms with E-state index in [0.717, 1.165) is 5.56 Å². The molecule has 1 N–H and O–H groups in total. The maximum absolute atomic E-state index is 10.9. The van der Waals surface area contributed by atoms with Crippen LogP contribution in [0.15, 0.2) is 43.0 Å². The molecule has 0 bridgehead atoms. The van der Waals surface area contributed by atoms with Crippen LogP contribution < -0.4 is 18.9 Å². The van der Waals surface area contributed by atoms with Crippen LogP contribution >= 0.6 is 0 Å². The maximum Gasteiger partial charge on any atom is 0.235 e. The summed E-state index contributed by atoms with van der Waals surface area (Å²) in [5, 5.41) is 10.9. The van der Waals surface area contributed by atoms with Crippen molar-refractivity contribution < 1.29 is 24.1 Å². The van der Waals surface area contributed by atoms with Crippen LogP contribution in [-0.4, -0.2) is 26.4 Å². The van der Waals surface area contributed by atoms with Gasteiger partial charge in [-0.1, -0.05) is 30.9 Å². The Labute approximate surface area is 142 Å². The summed E-state index contributed by atoms with van der Waals surface area (Å²) in [6, 6.07) is 10.7. The zero-order chi connectivity index (χ0) is 17.7. The van der Waals surface area contributed by atoms with E-state index >= 15 is 0 Å². The number of rotatable bonds is 7. The Kier molecular flexibility index (Phi) is 5.36. The van der Waals surface area contributed by atoms with E-state index in [4.69, 9.17) is 18.9 Å². The summed E-state index contributed by atoms with van der Waals surface area (Å²) in [5.74, 6) is 0.0929. The molecule has 0 radical (unpaired) electrons. The molecular formula is C19H22O5. The Balaban J connectivity index is 2.51. The van der Waals surface area contributed by atoms with E-state index in [2.05, 4.69) is 6.58 Å². The molecule has 0 fully saturated rings. The van der Waals surface area contributed by atoms with Crippen LogP contribution in [0.1, 0.15) is 18.1 Å². The number of ether oxygens (including phenoxy) is 4. The van der Waals surface area contributed by atoms with E-state index in [-0.39, 0.29) is 0 Å². The number of hydrogen-bond acceptors (Lipinski definition) is 5. The average molecular weight is 330 g/mol. The van der Waals surface area contributed by atoms with Gasteiger partial charge in [0, 0.05) is 12.5 Å². The molecule has 1 atom stereocenters. The van der Waals surface area contributed by atoms with Crippen LogP contribution in [0.4, 0.5) is 0 Å². The van der Waals surface area contributed by atoms with Gasteiger partial charge in [0.15, 0.2) is 11.5 Å². The van der Waals surface area contributed by atoms with Crippen molar-refractivity contribution in [3.8, 4) is 23.0 Å². The second kappa shape index (κ2) is 7.27. The van der Waals surface area contributed by atoms with Crippen molar-refractivity contribution in [1.82, 2.24) is 0 Å². The van der Waals surface area contributed by atoms with Gasteiger partial charge in [0.25, 0.3) is 0 Å². The molecule has 0 spiro atoms. The van der Waals surface area contributed by atoms with Crippen LogP contribution in [0, 0.1) is 0 Å². The van der Waals surface area contributed by atoms with Gasteiger partial charge in [0.2, 0.25) is 11.5 Å². The first-order valence-corrected chi connectivity index (χ1v) is 7.40. The monoisotopic (exact) mass is 330 g/mol. The average Bonchev–Trinajstić information content (AvgIpc) is 2.60. The van der Waals surface area contributed by atoms with Gasteiger partial charge in [-0.15, -0.1) is 0 Å². The van der Waals surface area contributed by atoms with Crippen molar-refractivity contribution >= 4 is 6.08 Å². The van der Waals surface area contributed by atoms with Crippen LogP contribution in [0.2, 0.25) is 0 Å². The van der Waals surface area contributed by atoms with Gasteiger partial charge >= 0.3 is 0 Å².